The van der Waals surface area contributed by atoms with Crippen LogP contribution in [0.15, 0.2) is 60.7 Å². The second kappa shape index (κ2) is 5.14. The lowest BCUT2D eigenvalue weighted by molar-refractivity contribution is 0.501. The van der Waals surface area contributed by atoms with Gasteiger partial charge in [0, 0.05) is 10.6 Å². The van der Waals surface area contributed by atoms with Crippen molar-refractivity contribution in [2.75, 3.05) is 0 Å². The number of rotatable bonds is 2. The highest BCUT2D eigenvalue weighted by Crippen LogP contribution is 2.40. The van der Waals surface area contributed by atoms with E-state index in [0.29, 0.717) is 10.6 Å². The molecule has 0 spiro atoms. The number of hydrogen-bond acceptors (Lipinski definition) is 1. The van der Waals surface area contributed by atoms with E-state index in [0.717, 1.165) is 21.9 Å². The summed E-state index contributed by atoms with van der Waals surface area (Å²) in [6.45, 7) is 3.89. The van der Waals surface area contributed by atoms with Crippen molar-refractivity contribution in [2.45, 2.75) is 13.8 Å². The Hall–Kier alpha value is -1.89. The van der Waals surface area contributed by atoms with Gasteiger partial charge in [-0.2, -0.15) is 0 Å². The van der Waals surface area contributed by atoms with Crippen LogP contribution in [0.1, 0.15) is 11.1 Å². The van der Waals surface area contributed by atoms with Crippen molar-refractivity contribution in [3.05, 3.63) is 71.8 Å². The highest BCUT2D eigenvalue weighted by Gasteiger charge is 2.26. The molecule has 0 radical (unpaired) electrons. The van der Waals surface area contributed by atoms with Crippen molar-refractivity contribution in [2.24, 2.45) is 0 Å². The first kappa shape index (κ1) is 14.1. The molecule has 1 atom stereocenters. The minimum absolute atomic E-state index is 0.497. The van der Waals surface area contributed by atoms with Gasteiger partial charge in [0.25, 0.3) is 7.37 Å². The molecule has 3 rings (SSSR count). The Morgan fingerprint density at radius 3 is 2.19 bits per heavy atom. The summed E-state index contributed by atoms with van der Waals surface area (Å²) in [6, 6.07) is 18.8. The van der Waals surface area contributed by atoms with Gasteiger partial charge in [0.05, 0.1) is 0 Å². The van der Waals surface area contributed by atoms with Crippen molar-refractivity contribution in [1.82, 2.24) is 0 Å². The standard InChI is InChI=1S/C18H17O2P/c1-13-10-14(2)12-16(11-13)21(19,20)18-9-5-7-15-6-3-4-8-17(15)18/h3-12H,1-2H3,(H,19,20). The predicted molar refractivity (Wildman–Crippen MR) is 89.0 cm³/mol. The molecule has 3 heteroatoms. The van der Waals surface area contributed by atoms with Crippen LogP contribution in [0.5, 0.6) is 0 Å². The molecular weight excluding hydrogens is 279 g/mol. The minimum Gasteiger partial charge on any atom is -0.338 e. The molecule has 0 aliphatic carbocycles. The molecule has 0 amide bonds. The second-order valence-corrected chi connectivity index (χ2v) is 7.57. The summed E-state index contributed by atoms with van der Waals surface area (Å²) in [5.74, 6) is 0. The van der Waals surface area contributed by atoms with Gasteiger partial charge in [-0.25, -0.2) is 0 Å². The summed E-state index contributed by atoms with van der Waals surface area (Å²) in [7, 11) is -3.60. The highest BCUT2D eigenvalue weighted by molar-refractivity contribution is 7.74. The van der Waals surface area contributed by atoms with Crippen LogP contribution in [0.4, 0.5) is 0 Å². The second-order valence-electron chi connectivity index (χ2n) is 5.42. The molecule has 0 aliphatic heterocycles. The molecule has 2 nitrogen and oxygen atoms in total. The molecule has 3 aromatic rings. The van der Waals surface area contributed by atoms with Crippen molar-refractivity contribution >= 4 is 28.8 Å². The normalized spacial score (nSPS) is 14.0. The highest BCUT2D eigenvalue weighted by atomic mass is 31.2. The number of fused-ring (bicyclic) bond motifs is 1. The summed E-state index contributed by atoms with van der Waals surface area (Å²) in [5, 5.41) is 2.82. The van der Waals surface area contributed by atoms with Crippen LogP contribution in [0.2, 0.25) is 0 Å². The zero-order chi connectivity index (χ0) is 15.0. The fraction of sp³-hybridized carbons (Fsp3) is 0.111. The number of aryl methyl sites for hydroxylation is 2. The van der Waals surface area contributed by atoms with Crippen LogP contribution in [-0.2, 0) is 4.57 Å². The maximum Gasteiger partial charge on any atom is 0.259 e. The van der Waals surface area contributed by atoms with Crippen LogP contribution >= 0.6 is 7.37 Å². The Labute approximate surface area is 124 Å². The lowest BCUT2D eigenvalue weighted by Gasteiger charge is -2.16. The maximum atomic E-state index is 13.1. The van der Waals surface area contributed by atoms with Crippen molar-refractivity contribution in [1.29, 1.82) is 0 Å². The Morgan fingerprint density at radius 1 is 0.857 bits per heavy atom. The molecule has 21 heavy (non-hydrogen) atoms. The first-order valence-electron chi connectivity index (χ1n) is 6.88. The van der Waals surface area contributed by atoms with E-state index in [1.165, 1.54) is 0 Å². The van der Waals surface area contributed by atoms with E-state index < -0.39 is 7.37 Å². The van der Waals surface area contributed by atoms with E-state index in [1.54, 1.807) is 18.2 Å². The van der Waals surface area contributed by atoms with Gasteiger partial charge in [-0.3, -0.25) is 4.57 Å². The Morgan fingerprint density at radius 2 is 1.48 bits per heavy atom. The van der Waals surface area contributed by atoms with Crippen LogP contribution in [0.3, 0.4) is 0 Å². The van der Waals surface area contributed by atoms with E-state index in [1.807, 2.05) is 56.3 Å². The zero-order valence-electron chi connectivity index (χ0n) is 12.1. The lowest BCUT2D eigenvalue weighted by atomic mass is 10.1. The number of benzene rings is 3. The minimum atomic E-state index is -3.60. The van der Waals surface area contributed by atoms with Crippen LogP contribution in [0, 0.1) is 13.8 Å². The van der Waals surface area contributed by atoms with E-state index >= 15 is 0 Å². The van der Waals surface area contributed by atoms with Gasteiger partial charge >= 0.3 is 0 Å². The maximum absolute atomic E-state index is 13.1. The quantitative estimate of drug-likeness (QED) is 0.732. The third-order valence-electron chi connectivity index (χ3n) is 3.65. The lowest BCUT2D eigenvalue weighted by Crippen LogP contribution is -2.17. The fourth-order valence-electron chi connectivity index (χ4n) is 2.74. The third-order valence-corrected chi connectivity index (χ3v) is 5.65. The summed E-state index contributed by atoms with van der Waals surface area (Å²) < 4.78 is 13.1. The van der Waals surface area contributed by atoms with E-state index in [-0.39, 0.29) is 0 Å². The smallest absolute Gasteiger partial charge is 0.259 e. The Kier molecular flexibility index (Phi) is 3.44. The molecule has 0 fully saturated rings. The summed E-state index contributed by atoms with van der Waals surface area (Å²) in [5.41, 5.74) is 2.00. The zero-order valence-corrected chi connectivity index (χ0v) is 13.0. The van der Waals surface area contributed by atoms with Gasteiger partial charge in [-0.05, 0) is 42.8 Å². The van der Waals surface area contributed by atoms with Crippen LogP contribution in [0.25, 0.3) is 10.8 Å². The largest absolute Gasteiger partial charge is 0.338 e. The van der Waals surface area contributed by atoms with Gasteiger partial charge in [0.1, 0.15) is 0 Å². The van der Waals surface area contributed by atoms with E-state index in [9.17, 15) is 9.46 Å². The Bertz CT molecular complexity index is 842. The van der Waals surface area contributed by atoms with Gasteiger partial charge in [-0.1, -0.05) is 53.6 Å². The van der Waals surface area contributed by atoms with E-state index in [4.69, 9.17) is 0 Å². The van der Waals surface area contributed by atoms with Crippen molar-refractivity contribution in [3.8, 4) is 0 Å². The monoisotopic (exact) mass is 296 g/mol. The average Bonchev–Trinajstić information content (AvgIpc) is 2.45. The van der Waals surface area contributed by atoms with Gasteiger partial charge in [0.15, 0.2) is 0 Å². The first-order valence-corrected chi connectivity index (χ1v) is 8.54. The molecule has 1 N–H and O–H groups in total. The molecule has 0 saturated carbocycles. The summed E-state index contributed by atoms with van der Waals surface area (Å²) in [6.07, 6.45) is 0. The molecule has 0 bridgehead atoms. The average molecular weight is 296 g/mol. The van der Waals surface area contributed by atoms with Gasteiger partial charge < -0.3 is 4.89 Å². The third kappa shape index (κ3) is 2.53. The first-order chi connectivity index (χ1) is 9.98. The predicted octanol–water partition coefficient (Wildman–Crippen LogP) is 3.68. The molecule has 3 aromatic carbocycles. The SMILES string of the molecule is Cc1cc(C)cc(P(=O)(O)c2cccc3ccccc23)c1. The molecule has 106 valence electrons. The van der Waals surface area contributed by atoms with Gasteiger partial charge in [0.2, 0.25) is 0 Å². The molecular formula is C18H17O2P. The van der Waals surface area contributed by atoms with Crippen LogP contribution < -0.4 is 10.6 Å². The van der Waals surface area contributed by atoms with Crippen molar-refractivity contribution in [3.63, 3.8) is 0 Å². The van der Waals surface area contributed by atoms with Crippen LogP contribution in [-0.4, -0.2) is 4.89 Å². The summed E-state index contributed by atoms with van der Waals surface area (Å²) >= 11 is 0. The Balaban J connectivity index is 2.27. The molecule has 0 saturated heterocycles. The van der Waals surface area contributed by atoms with Gasteiger partial charge in [-0.15, -0.1) is 0 Å². The van der Waals surface area contributed by atoms with Crippen molar-refractivity contribution < 1.29 is 9.46 Å². The molecule has 0 aromatic heterocycles. The molecule has 0 aliphatic rings. The van der Waals surface area contributed by atoms with E-state index in [2.05, 4.69) is 0 Å². The number of hydrogen-bond donors (Lipinski definition) is 1. The molecule has 1 unspecified atom stereocenters. The molecule has 0 heterocycles. The fourth-order valence-corrected chi connectivity index (χ4v) is 4.59. The topological polar surface area (TPSA) is 37.3 Å². The summed E-state index contributed by atoms with van der Waals surface area (Å²) in [4.78, 5) is 10.8.